The van der Waals surface area contributed by atoms with Crippen LogP contribution < -0.4 is 14.4 Å². The third-order valence-electron chi connectivity index (χ3n) is 7.80. The minimum atomic E-state index is -0.851. The Morgan fingerprint density at radius 1 is 0.889 bits per heavy atom. The molecule has 7 heteroatoms. The molecule has 36 heavy (non-hydrogen) atoms. The lowest BCUT2D eigenvalue weighted by molar-refractivity contribution is -0.122. The molecule has 0 bridgehead atoms. The van der Waals surface area contributed by atoms with E-state index < -0.39 is 5.41 Å². The van der Waals surface area contributed by atoms with E-state index in [0.717, 1.165) is 45.9 Å². The van der Waals surface area contributed by atoms with E-state index in [1.54, 1.807) is 0 Å². The van der Waals surface area contributed by atoms with E-state index in [0.29, 0.717) is 45.0 Å². The van der Waals surface area contributed by atoms with Gasteiger partial charge >= 0.3 is 0 Å². The van der Waals surface area contributed by atoms with Gasteiger partial charge in [0.15, 0.2) is 0 Å². The zero-order valence-electron chi connectivity index (χ0n) is 19.9. The van der Waals surface area contributed by atoms with E-state index in [9.17, 15) is 9.59 Å². The molecule has 1 spiro atoms. The highest BCUT2D eigenvalue weighted by Gasteiger charge is 2.57. The summed E-state index contributed by atoms with van der Waals surface area (Å²) < 4.78 is 17.2. The van der Waals surface area contributed by atoms with Crippen molar-refractivity contribution in [2.45, 2.75) is 18.4 Å². The lowest BCUT2D eigenvalue weighted by Gasteiger charge is -2.27. The summed E-state index contributed by atoms with van der Waals surface area (Å²) in [4.78, 5) is 30.7. The zero-order chi connectivity index (χ0) is 24.3. The van der Waals surface area contributed by atoms with Crippen LogP contribution in [0.15, 0.2) is 60.7 Å². The molecule has 4 heterocycles. The highest BCUT2D eigenvalue weighted by molar-refractivity contribution is 6.11. The molecule has 4 aliphatic heterocycles. The van der Waals surface area contributed by atoms with Crippen molar-refractivity contribution in [3.8, 4) is 11.5 Å². The van der Waals surface area contributed by atoms with Crippen LogP contribution in [-0.2, 0) is 27.9 Å². The first kappa shape index (κ1) is 21.4. The van der Waals surface area contributed by atoms with Gasteiger partial charge < -0.3 is 24.0 Å². The number of hydrogen-bond donors (Lipinski definition) is 0. The van der Waals surface area contributed by atoms with Crippen molar-refractivity contribution in [3.05, 3.63) is 88.5 Å². The van der Waals surface area contributed by atoms with Crippen LogP contribution in [0.2, 0.25) is 0 Å². The van der Waals surface area contributed by atoms with Gasteiger partial charge in [-0.15, -0.1) is 0 Å². The molecule has 1 atom stereocenters. The highest BCUT2D eigenvalue weighted by atomic mass is 16.5. The number of ether oxygens (including phenoxy) is 3. The van der Waals surface area contributed by atoms with Crippen LogP contribution in [-0.4, -0.2) is 56.2 Å². The number of anilines is 1. The summed E-state index contributed by atoms with van der Waals surface area (Å²) in [6.07, 6.45) is 0.841. The predicted octanol–water partition coefficient (Wildman–Crippen LogP) is 3.32. The number of rotatable bonds is 3. The standard InChI is InChI=1S/C29H26N2O5/c32-27(30-10-13-34-14-11-30)20-7-5-19(6-8-20)17-31-24-4-2-1-3-22(24)29(28(31)33)18-36-26-16-25-21(9-12-35-25)15-23(26)29/h1-8,15-16H,9-14,17-18H2. The van der Waals surface area contributed by atoms with Crippen LogP contribution in [0.3, 0.4) is 0 Å². The fourth-order valence-corrected chi connectivity index (χ4v) is 5.89. The van der Waals surface area contributed by atoms with Gasteiger partial charge in [0.25, 0.3) is 5.91 Å². The summed E-state index contributed by atoms with van der Waals surface area (Å²) in [5, 5.41) is 0. The predicted molar refractivity (Wildman–Crippen MR) is 133 cm³/mol. The Kier molecular flexibility index (Phi) is 4.82. The van der Waals surface area contributed by atoms with Crippen LogP contribution in [0.1, 0.15) is 32.6 Å². The molecule has 182 valence electrons. The molecule has 3 aromatic carbocycles. The number of benzene rings is 3. The summed E-state index contributed by atoms with van der Waals surface area (Å²) >= 11 is 0. The molecule has 0 aromatic heterocycles. The van der Waals surface area contributed by atoms with E-state index in [1.165, 1.54) is 0 Å². The first-order valence-corrected chi connectivity index (χ1v) is 12.5. The largest absolute Gasteiger partial charge is 0.493 e. The van der Waals surface area contributed by atoms with Crippen molar-refractivity contribution >= 4 is 17.5 Å². The lowest BCUT2D eigenvalue weighted by Crippen LogP contribution is -2.42. The minimum absolute atomic E-state index is 0.0163. The number of para-hydroxylation sites is 1. The minimum Gasteiger partial charge on any atom is -0.493 e. The van der Waals surface area contributed by atoms with Gasteiger partial charge in [-0.1, -0.05) is 30.3 Å². The molecule has 1 unspecified atom stereocenters. The van der Waals surface area contributed by atoms with Gasteiger partial charge in [-0.2, -0.15) is 0 Å². The second-order valence-electron chi connectivity index (χ2n) is 9.76. The lowest BCUT2D eigenvalue weighted by atomic mass is 9.76. The third kappa shape index (κ3) is 3.09. The maximum Gasteiger partial charge on any atom is 0.254 e. The van der Waals surface area contributed by atoms with Crippen molar-refractivity contribution in [1.82, 2.24) is 4.90 Å². The first-order chi connectivity index (χ1) is 17.6. The molecule has 7 rings (SSSR count). The number of fused-ring (bicyclic) bond motifs is 5. The number of nitrogens with zero attached hydrogens (tertiary/aromatic N) is 2. The Balaban J connectivity index is 1.20. The van der Waals surface area contributed by atoms with Gasteiger partial charge in [0, 0.05) is 42.4 Å². The molecule has 0 aliphatic carbocycles. The van der Waals surface area contributed by atoms with Crippen LogP contribution in [0.5, 0.6) is 11.5 Å². The summed E-state index contributed by atoms with van der Waals surface area (Å²) in [6.45, 7) is 3.74. The Hall–Kier alpha value is -3.84. The van der Waals surface area contributed by atoms with Crippen LogP contribution >= 0.6 is 0 Å². The van der Waals surface area contributed by atoms with Crippen molar-refractivity contribution in [1.29, 1.82) is 0 Å². The zero-order valence-corrected chi connectivity index (χ0v) is 19.9. The molecule has 1 saturated heterocycles. The van der Waals surface area contributed by atoms with Gasteiger partial charge in [0.2, 0.25) is 5.91 Å². The molecule has 0 radical (unpaired) electrons. The van der Waals surface area contributed by atoms with Crippen LogP contribution in [0.25, 0.3) is 0 Å². The quantitative estimate of drug-likeness (QED) is 0.573. The van der Waals surface area contributed by atoms with Crippen molar-refractivity contribution < 1.29 is 23.8 Å². The van der Waals surface area contributed by atoms with E-state index >= 15 is 0 Å². The monoisotopic (exact) mass is 482 g/mol. The number of carbonyl (C=O) groups excluding carboxylic acids is 2. The van der Waals surface area contributed by atoms with E-state index in [4.69, 9.17) is 14.2 Å². The average Bonchev–Trinajstić information content (AvgIpc) is 3.60. The number of hydrogen-bond acceptors (Lipinski definition) is 5. The second kappa shape index (κ2) is 8.10. The number of carbonyl (C=O) groups is 2. The fourth-order valence-electron chi connectivity index (χ4n) is 5.89. The van der Waals surface area contributed by atoms with Crippen molar-refractivity contribution in [3.63, 3.8) is 0 Å². The Bertz CT molecular complexity index is 1380. The Morgan fingerprint density at radius 2 is 1.69 bits per heavy atom. The summed E-state index contributed by atoms with van der Waals surface area (Å²) in [5.74, 6) is 1.62. The van der Waals surface area contributed by atoms with Crippen LogP contribution in [0.4, 0.5) is 5.69 Å². The van der Waals surface area contributed by atoms with Crippen molar-refractivity contribution in [2.24, 2.45) is 0 Å². The molecule has 3 aromatic rings. The molecule has 0 N–H and O–H groups in total. The number of amides is 2. The summed E-state index contributed by atoms with van der Waals surface area (Å²) in [6, 6.07) is 19.6. The van der Waals surface area contributed by atoms with E-state index in [-0.39, 0.29) is 18.4 Å². The smallest absolute Gasteiger partial charge is 0.254 e. The van der Waals surface area contributed by atoms with Gasteiger partial charge in [0.1, 0.15) is 23.5 Å². The molecular weight excluding hydrogens is 456 g/mol. The summed E-state index contributed by atoms with van der Waals surface area (Å²) in [5.41, 5.74) is 4.71. The van der Waals surface area contributed by atoms with E-state index in [2.05, 4.69) is 6.07 Å². The SMILES string of the molecule is O=C(c1ccc(CN2C(=O)C3(COc4cc5c(cc43)CCO5)c3ccccc32)cc1)N1CCOCC1. The van der Waals surface area contributed by atoms with Gasteiger partial charge in [-0.3, -0.25) is 9.59 Å². The van der Waals surface area contributed by atoms with Gasteiger partial charge in [-0.05, 0) is 41.0 Å². The summed E-state index contributed by atoms with van der Waals surface area (Å²) in [7, 11) is 0. The maximum absolute atomic E-state index is 14.2. The average molecular weight is 483 g/mol. The topological polar surface area (TPSA) is 68.3 Å². The van der Waals surface area contributed by atoms with E-state index in [1.807, 2.05) is 64.4 Å². The Labute approximate surface area is 209 Å². The second-order valence-corrected chi connectivity index (χ2v) is 9.76. The van der Waals surface area contributed by atoms with Gasteiger partial charge in [0.05, 0.1) is 26.4 Å². The Morgan fingerprint density at radius 3 is 2.53 bits per heavy atom. The first-order valence-electron chi connectivity index (χ1n) is 12.5. The third-order valence-corrected chi connectivity index (χ3v) is 7.80. The molecule has 0 saturated carbocycles. The molecule has 7 nitrogen and oxygen atoms in total. The maximum atomic E-state index is 14.2. The van der Waals surface area contributed by atoms with Crippen LogP contribution in [0, 0.1) is 0 Å². The fraction of sp³-hybridized carbons (Fsp3) is 0.310. The highest BCUT2D eigenvalue weighted by Crippen LogP contribution is 2.54. The number of morpholine rings is 1. The molecular formula is C29H26N2O5. The normalized spacial score (nSPS) is 21.7. The van der Waals surface area contributed by atoms with Crippen molar-refractivity contribution in [2.75, 3.05) is 44.4 Å². The molecule has 4 aliphatic rings. The molecule has 1 fully saturated rings. The molecule has 2 amide bonds. The van der Waals surface area contributed by atoms with Gasteiger partial charge in [-0.25, -0.2) is 0 Å².